The van der Waals surface area contributed by atoms with Gasteiger partial charge in [0.2, 0.25) is 11.8 Å². The highest BCUT2D eigenvalue weighted by molar-refractivity contribution is 6.02. The first-order chi connectivity index (χ1) is 18.1. The van der Waals surface area contributed by atoms with Crippen LogP contribution in [-0.4, -0.2) is 70.3 Å². The number of alkyl halides is 3. The fourth-order valence-corrected chi connectivity index (χ4v) is 6.32. The van der Waals surface area contributed by atoms with Crippen LogP contribution in [0.4, 0.5) is 13.2 Å². The molecule has 9 nitrogen and oxygen atoms in total. The van der Waals surface area contributed by atoms with E-state index in [2.05, 4.69) is 15.6 Å². The quantitative estimate of drug-likeness (QED) is 0.432. The predicted molar refractivity (Wildman–Crippen MR) is 129 cm³/mol. The summed E-state index contributed by atoms with van der Waals surface area (Å²) in [4.78, 5) is 55.8. The SMILES string of the molecule is O=C(N[C@@H](C[C@@H]1CCNC1=O)C(=O)CO)C1C2CCCC2CN1C(=O)c1cc2c(C(F)(F)F)cccc2[nH]1. The van der Waals surface area contributed by atoms with Crippen LogP contribution >= 0.6 is 0 Å². The van der Waals surface area contributed by atoms with Crippen molar-refractivity contribution in [2.75, 3.05) is 19.7 Å². The number of hydrogen-bond donors (Lipinski definition) is 4. The molecule has 2 aromatic rings. The summed E-state index contributed by atoms with van der Waals surface area (Å²) in [6, 6.07) is 2.81. The normalized spacial score (nSPS) is 25.9. The van der Waals surface area contributed by atoms with E-state index in [9.17, 15) is 37.5 Å². The minimum atomic E-state index is -4.60. The highest BCUT2D eigenvalue weighted by Gasteiger charge is 2.50. The molecule has 3 aliphatic rings. The third kappa shape index (κ3) is 4.77. The number of rotatable bonds is 7. The zero-order chi connectivity index (χ0) is 27.2. The van der Waals surface area contributed by atoms with Crippen LogP contribution in [0.2, 0.25) is 0 Å². The number of benzene rings is 1. The van der Waals surface area contributed by atoms with Gasteiger partial charge in [-0.25, -0.2) is 0 Å². The zero-order valence-electron chi connectivity index (χ0n) is 20.5. The second-order valence-corrected chi connectivity index (χ2v) is 10.4. The number of amides is 3. The van der Waals surface area contributed by atoms with E-state index in [0.29, 0.717) is 19.4 Å². The Hall–Kier alpha value is -3.41. The Balaban J connectivity index is 1.41. The average molecular weight is 535 g/mol. The van der Waals surface area contributed by atoms with Crippen molar-refractivity contribution >= 4 is 34.4 Å². The molecule has 1 aromatic carbocycles. The second kappa shape index (κ2) is 10.0. The molecule has 3 unspecified atom stereocenters. The van der Waals surface area contributed by atoms with Gasteiger partial charge in [0.1, 0.15) is 18.3 Å². The van der Waals surface area contributed by atoms with Crippen LogP contribution in [0.1, 0.15) is 48.2 Å². The van der Waals surface area contributed by atoms with Crippen LogP contribution < -0.4 is 10.6 Å². The van der Waals surface area contributed by atoms with Crippen LogP contribution in [0.25, 0.3) is 10.9 Å². The molecule has 38 heavy (non-hydrogen) atoms. The van der Waals surface area contributed by atoms with Crippen molar-refractivity contribution in [3.8, 4) is 0 Å². The van der Waals surface area contributed by atoms with E-state index in [1.54, 1.807) is 0 Å². The Labute approximate surface area is 216 Å². The van der Waals surface area contributed by atoms with Crippen LogP contribution in [-0.2, 0) is 20.6 Å². The van der Waals surface area contributed by atoms with E-state index < -0.39 is 53.9 Å². The number of ketones is 1. The van der Waals surface area contributed by atoms with Gasteiger partial charge in [-0.3, -0.25) is 19.2 Å². The van der Waals surface area contributed by atoms with Gasteiger partial charge in [-0.2, -0.15) is 13.2 Å². The van der Waals surface area contributed by atoms with Crippen molar-refractivity contribution in [3.05, 3.63) is 35.5 Å². The van der Waals surface area contributed by atoms with Gasteiger partial charge in [0.15, 0.2) is 5.78 Å². The molecule has 2 saturated heterocycles. The molecule has 1 saturated carbocycles. The number of likely N-dealkylation sites (tertiary alicyclic amines) is 1. The number of nitrogens with zero attached hydrogens (tertiary/aromatic N) is 1. The molecular weight excluding hydrogens is 505 g/mol. The fourth-order valence-electron chi connectivity index (χ4n) is 6.32. The summed E-state index contributed by atoms with van der Waals surface area (Å²) >= 11 is 0. The van der Waals surface area contributed by atoms with Crippen molar-refractivity contribution in [2.45, 2.75) is 50.4 Å². The number of hydrogen-bond acceptors (Lipinski definition) is 5. The maximum absolute atomic E-state index is 13.6. The molecule has 3 fully saturated rings. The summed E-state index contributed by atoms with van der Waals surface area (Å²) in [5.41, 5.74) is -0.758. The number of aromatic nitrogens is 1. The number of H-pyrrole nitrogens is 1. The Kier molecular flexibility index (Phi) is 6.93. The molecule has 4 N–H and O–H groups in total. The highest BCUT2D eigenvalue weighted by Crippen LogP contribution is 2.43. The van der Waals surface area contributed by atoms with Crippen molar-refractivity contribution < 1.29 is 37.5 Å². The minimum absolute atomic E-state index is 0.0357. The van der Waals surface area contributed by atoms with E-state index in [1.807, 2.05) is 0 Å². The first-order valence-corrected chi connectivity index (χ1v) is 12.8. The Bertz CT molecular complexity index is 1280. The number of Topliss-reactive ketones (excluding diaryl/α,β-unsaturated/α-hetero) is 1. The maximum atomic E-state index is 13.6. The van der Waals surface area contributed by atoms with Gasteiger partial charge in [0.25, 0.3) is 5.91 Å². The summed E-state index contributed by atoms with van der Waals surface area (Å²) in [5, 5.41) is 14.7. The molecule has 12 heteroatoms. The van der Waals surface area contributed by atoms with Gasteiger partial charge in [-0.1, -0.05) is 12.5 Å². The molecule has 1 aromatic heterocycles. The number of aliphatic hydroxyl groups excluding tert-OH is 1. The lowest BCUT2D eigenvalue weighted by Gasteiger charge is -2.29. The monoisotopic (exact) mass is 534 g/mol. The van der Waals surface area contributed by atoms with Crippen molar-refractivity contribution in [1.82, 2.24) is 20.5 Å². The number of carbonyl (C=O) groups excluding carboxylic acids is 4. The number of aromatic amines is 1. The van der Waals surface area contributed by atoms with Crippen molar-refractivity contribution in [1.29, 1.82) is 0 Å². The number of fused-ring (bicyclic) bond motifs is 2. The number of aliphatic hydroxyl groups is 1. The molecule has 2 aliphatic heterocycles. The zero-order valence-corrected chi connectivity index (χ0v) is 20.5. The van der Waals surface area contributed by atoms with Gasteiger partial charge in [0.05, 0.1) is 11.6 Å². The number of carbonyl (C=O) groups is 4. The Morgan fingerprint density at radius 1 is 1.18 bits per heavy atom. The van der Waals surface area contributed by atoms with E-state index >= 15 is 0 Å². The molecule has 0 bridgehead atoms. The lowest BCUT2D eigenvalue weighted by Crippen LogP contribution is -2.53. The summed E-state index contributed by atoms with van der Waals surface area (Å²) in [5.74, 6) is -2.60. The summed E-state index contributed by atoms with van der Waals surface area (Å²) < 4.78 is 40.5. The van der Waals surface area contributed by atoms with Crippen LogP contribution in [0.3, 0.4) is 0 Å². The first kappa shape index (κ1) is 26.2. The fraction of sp³-hybridized carbons (Fsp3) is 0.538. The van der Waals surface area contributed by atoms with E-state index in [0.717, 1.165) is 18.9 Å². The maximum Gasteiger partial charge on any atom is 0.417 e. The van der Waals surface area contributed by atoms with Crippen molar-refractivity contribution in [3.63, 3.8) is 0 Å². The predicted octanol–water partition coefficient (Wildman–Crippen LogP) is 2.00. The van der Waals surface area contributed by atoms with Gasteiger partial charge in [-0.05, 0) is 55.7 Å². The Morgan fingerprint density at radius 3 is 2.66 bits per heavy atom. The van der Waals surface area contributed by atoms with Crippen LogP contribution in [0, 0.1) is 17.8 Å². The lowest BCUT2D eigenvalue weighted by atomic mass is 9.92. The van der Waals surface area contributed by atoms with E-state index in [-0.39, 0.29) is 47.3 Å². The molecule has 1 aliphatic carbocycles. The third-order valence-electron chi connectivity index (χ3n) is 8.16. The van der Waals surface area contributed by atoms with Gasteiger partial charge in [0, 0.05) is 29.9 Å². The van der Waals surface area contributed by atoms with Crippen LogP contribution in [0.5, 0.6) is 0 Å². The van der Waals surface area contributed by atoms with Gasteiger partial charge < -0.3 is 25.6 Å². The van der Waals surface area contributed by atoms with Crippen molar-refractivity contribution in [2.24, 2.45) is 17.8 Å². The van der Waals surface area contributed by atoms with Crippen LogP contribution in [0.15, 0.2) is 24.3 Å². The number of nitrogens with one attached hydrogen (secondary N) is 3. The molecule has 3 heterocycles. The van der Waals surface area contributed by atoms with E-state index in [1.165, 1.54) is 23.1 Å². The second-order valence-electron chi connectivity index (χ2n) is 10.4. The molecular formula is C26H29F3N4O5. The molecule has 3 amide bonds. The number of halogens is 3. The summed E-state index contributed by atoms with van der Waals surface area (Å²) in [7, 11) is 0. The standard InChI is InChI=1S/C26H29F3N4O5/c27-26(28,29)17-5-2-6-18-16(17)10-20(31-18)25(38)33-11-14-3-1-4-15(14)22(33)24(37)32-19(21(35)12-34)9-13-7-8-30-23(13)36/h2,5-6,10,13-15,19,22,31,34H,1,3-4,7-9,11-12H2,(H,30,36)(H,32,37)/t13-,14?,15?,19-,22?/m0/s1. The first-order valence-electron chi connectivity index (χ1n) is 12.8. The molecule has 0 radical (unpaired) electrons. The molecule has 5 rings (SSSR count). The summed E-state index contributed by atoms with van der Waals surface area (Å²) in [6.45, 7) is -0.0747. The minimum Gasteiger partial charge on any atom is -0.389 e. The average Bonchev–Trinajstić information content (AvgIpc) is 3.65. The Morgan fingerprint density at radius 2 is 1.97 bits per heavy atom. The smallest absolute Gasteiger partial charge is 0.389 e. The van der Waals surface area contributed by atoms with Gasteiger partial charge >= 0.3 is 6.18 Å². The topological polar surface area (TPSA) is 132 Å². The molecule has 5 atom stereocenters. The molecule has 204 valence electrons. The lowest BCUT2D eigenvalue weighted by molar-refractivity contribution is -0.136. The van der Waals surface area contributed by atoms with Gasteiger partial charge in [-0.15, -0.1) is 0 Å². The molecule has 0 spiro atoms. The summed E-state index contributed by atoms with van der Waals surface area (Å²) in [6.07, 6.45) is -1.67. The van der Waals surface area contributed by atoms with E-state index in [4.69, 9.17) is 0 Å². The largest absolute Gasteiger partial charge is 0.417 e. The highest BCUT2D eigenvalue weighted by atomic mass is 19.4. The third-order valence-corrected chi connectivity index (χ3v) is 8.16.